The highest BCUT2D eigenvalue weighted by atomic mass is 15.7. The molecule has 1 aliphatic heterocycles. The van der Waals surface area contributed by atoms with E-state index in [-0.39, 0.29) is 0 Å². The maximum absolute atomic E-state index is 6.32. The second kappa shape index (κ2) is 4.57. The Labute approximate surface area is 109 Å². The van der Waals surface area contributed by atoms with Crippen molar-refractivity contribution < 1.29 is 9.49 Å². The van der Waals surface area contributed by atoms with Crippen LogP contribution in [0.25, 0.3) is 0 Å². The van der Waals surface area contributed by atoms with Crippen molar-refractivity contribution in [2.45, 2.75) is 52.0 Å². The molecule has 0 aromatic carbocycles. The van der Waals surface area contributed by atoms with Crippen LogP contribution >= 0.6 is 0 Å². The fraction of sp³-hybridized carbons (Fsp3) is 0.692. The number of nitrogens with zero attached hydrogens (tertiary/aromatic N) is 3. The maximum Gasteiger partial charge on any atom is 0.292 e. The van der Waals surface area contributed by atoms with Gasteiger partial charge in [-0.15, -0.1) is 0 Å². The molecule has 0 amide bonds. The zero-order valence-corrected chi connectivity index (χ0v) is 12.0. The lowest BCUT2D eigenvalue weighted by Gasteiger charge is -2.22. The summed E-state index contributed by atoms with van der Waals surface area (Å²) in [5, 5.41) is 1.09. The summed E-state index contributed by atoms with van der Waals surface area (Å²) in [5.74, 6) is 6.32. The smallest absolute Gasteiger partial charge is 0.261 e. The molecule has 4 atom stereocenters. The average Bonchev–Trinajstić information content (AvgIpc) is 2.97. The Balaban J connectivity index is 2.30. The van der Waals surface area contributed by atoms with Gasteiger partial charge in [0.15, 0.2) is 0 Å². The highest BCUT2D eigenvalue weighted by molar-refractivity contribution is 5.06. The quantitative estimate of drug-likeness (QED) is 0.339. The Morgan fingerprint density at radius 1 is 1.28 bits per heavy atom. The van der Waals surface area contributed by atoms with Gasteiger partial charge in [-0.3, -0.25) is 14.5 Å². The Bertz CT molecular complexity index is 405. The van der Waals surface area contributed by atoms with Crippen molar-refractivity contribution in [1.29, 1.82) is 0 Å². The van der Waals surface area contributed by atoms with E-state index < -0.39 is 0 Å². The van der Waals surface area contributed by atoms with Crippen molar-refractivity contribution in [2.75, 3.05) is 7.05 Å². The van der Waals surface area contributed by atoms with Gasteiger partial charge in [0.25, 0.3) is 6.17 Å². The van der Waals surface area contributed by atoms with Gasteiger partial charge in [-0.05, 0) is 27.7 Å². The first kappa shape index (κ1) is 13.4. The summed E-state index contributed by atoms with van der Waals surface area (Å²) in [6, 6.07) is 1.30. The minimum atomic E-state index is 0.362. The number of quaternary nitrogens is 2. The van der Waals surface area contributed by atoms with Gasteiger partial charge in [0.05, 0.1) is 19.3 Å². The van der Waals surface area contributed by atoms with Crippen LogP contribution in [0.5, 0.6) is 0 Å². The minimum Gasteiger partial charge on any atom is -0.261 e. The van der Waals surface area contributed by atoms with Crippen LogP contribution in [-0.2, 0) is 0 Å². The number of hydrogen-bond donors (Lipinski definition) is 2. The molecule has 4 unspecified atom stereocenters. The summed E-state index contributed by atoms with van der Waals surface area (Å²) in [6.45, 7) is 8.81. The molecular formula is C13H25N5+2. The van der Waals surface area contributed by atoms with Crippen molar-refractivity contribution >= 4 is 0 Å². The van der Waals surface area contributed by atoms with E-state index >= 15 is 0 Å². The van der Waals surface area contributed by atoms with E-state index in [4.69, 9.17) is 5.84 Å². The van der Waals surface area contributed by atoms with Crippen molar-refractivity contribution in [3.05, 3.63) is 24.3 Å². The fourth-order valence-corrected chi connectivity index (χ4v) is 2.86. The van der Waals surface area contributed by atoms with Crippen LogP contribution in [0.4, 0.5) is 0 Å². The molecule has 0 aliphatic carbocycles. The van der Waals surface area contributed by atoms with Crippen LogP contribution in [0, 0.1) is 0 Å². The molecule has 2 heterocycles. The third-order valence-corrected chi connectivity index (χ3v) is 4.42. The molecular weight excluding hydrogens is 226 g/mol. The molecule has 1 fully saturated rings. The summed E-state index contributed by atoms with van der Waals surface area (Å²) in [7, 11) is 2.27. The molecule has 5 nitrogen and oxygen atoms in total. The van der Waals surface area contributed by atoms with Crippen LogP contribution in [0.1, 0.15) is 39.4 Å². The van der Waals surface area contributed by atoms with E-state index in [1.54, 1.807) is 12.4 Å². The molecule has 18 heavy (non-hydrogen) atoms. The highest BCUT2D eigenvalue weighted by Gasteiger charge is 2.73. The molecule has 0 saturated carbocycles. The second-order valence-corrected chi connectivity index (χ2v) is 5.99. The number of nitrogens with two attached hydrogens (primary N) is 1. The predicted octanol–water partition coefficient (Wildman–Crippen LogP) is -0.121. The van der Waals surface area contributed by atoms with Crippen molar-refractivity contribution in [2.24, 2.45) is 5.84 Å². The lowest BCUT2D eigenvalue weighted by molar-refractivity contribution is -1.04. The van der Waals surface area contributed by atoms with Gasteiger partial charge in [-0.25, -0.2) is 5.01 Å². The number of rotatable bonds is 4. The van der Waals surface area contributed by atoms with Gasteiger partial charge >= 0.3 is 0 Å². The standard InChI is InChI=1S/C13H24N5/c1-9(2)17(14)13-12(18(13,5)10(3)4)11-8-15-6-7-16-11/h6-10,12-13H,14H2,1-5H3/q+1/p+1. The van der Waals surface area contributed by atoms with Gasteiger partial charge in [0, 0.05) is 12.4 Å². The highest BCUT2D eigenvalue weighted by Crippen LogP contribution is 2.48. The molecule has 0 spiro atoms. The average molecular weight is 251 g/mol. The second-order valence-electron chi connectivity index (χ2n) is 5.99. The molecule has 3 N–H and O–H groups in total. The first-order chi connectivity index (χ1) is 8.40. The minimum absolute atomic E-state index is 0.362. The molecule has 0 bridgehead atoms. The molecule has 1 saturated heterocycles. The predicted molar refractivity (Wildman–Crippen MR) is 70.2 cm³/mol. The van der Waals surface area contributed by atoms with E-state index in [0.717, 1.165) is 15.2 Å². The molecule has 1 aromatic heterocycles. The summed E-state index contributed by atoms with van der Waals surface area (Å²) in [5.41, 5.74) is 1.06. The van der Waals surface area contributed by atoms with Crippen LogP contribution in [-0.4, -0.2) is 39.7 Å². The molecule has 2 rings (SSSR count). The normalized spacial score (nSPS) is 32.9. The molecule has 100 valence electrons. The third kappa shape index (κ3) is 1.92. The first-order valence-corrected chi connectivity index (χ1v) is 6.64. The summed E-state index contributed by atoms with van der Waals surface area (Å²) >= 11 is 0. The van der Waals surface area contributed by atoms with Gasteiger partial charge in [0.2, 0.25) is 6.04 Å². The largest absolute Gasteiger partial charge is 0.292 e. The summed E-state index contributed by atoms with van der Waals surface area (Å²) in [4.78, 5) is 8.65. The van der Waals surface area contributed by atoms with Crippen molar-refractivity contribution in [3.63, 3.8) is 0 Å². The Kier molecular flexibility index (Phi) is 3.40. The van der Waals surface area contributed by atoms with Crippen molar-refractivity contribution in [1.82, 2.24) is 9.97 Å². The molecule has 5 heteroatoms. The Morgan fingerprint density at radius 3 is 2.39 bits per heavy atom. The SMILES string of the molecule is CC(C)[NH+](N)C1C(c2cnccn2)[N+]1(C)C(C)C. The van der Waals surface area contributed by atoms with Crippen LogP contribution in [0.2, 0.25) is 0 Å². The number of aromatic nitrogens is 2. The van der Waals surface area contributed by atoms with Crippen LogP contribution < -0.4 is 10.9 Å². The summed E-state index contributed by atoms with van der Waals surface area (Å²) < 4.78 is 0.947. The van der Waals surface area contributed by atoms with Gasteiger partial charge < -0.3 is 0 Å². The zero-order chi connectivity index (χ0) is 13.5. The fourth-order valence-electron chi connectivity index (χ4n) is 2.86. The lowest BCUT2D eigenvalue weighted by atomic mass is 10.3. The van der Waals surface area contributed by atoms with Crippen molar-refractivity contribution in [3.8, 4) is 0 Å². The van der Waals surface area contributed by atoms with E-state index in [9.17, 15) is 0 Å². The maximum atomic E-state index is 6.32. The van der Waals surface area contributed by atoms with E-state index in [1.807, 2.05) is 6.20 Å². The topological polar surface area (TPSA) is 56.2 Å². The van der Waals surface area contributed by atoms with Gasteiger partial charge in [-0.1, -0.05) is 0 Å². The molecule has 1 aromatic rings. The molecule has 1 aliphatic rings. The third-order valence-electron chi connectivity index (χ3n) is 4.42. The first-order valence-electron chi connectivity index (χ1n) is 6.64. The summed E-state index contributed by atoms with van der Waals surface area (Å²) in [6.07, 6.45) is 5.73. The zero-order valence-electron chi connectivity index (χ0n) is 12.0. The number of hydrogen-bond acceptors (Lipinski definition) is 3. The number of likely N-dealkylation sites (N-methyl/N-ethyl adjacent to an activating group) is 1. The number of nitrogens with one attached hydrogen (secondary N) is 1. The van der Waals surface area contributed by atoms with Crippen LogP contribution in [0.15, 0.2) is 18.6 Å². The monoisotopic (exact) mass is 251 g/mol. The van der Waals surface area contributed by atoms with E-state index in [1.165, 1.54) is 0 Å². The van der Waals surface area contributed by atoms with Gasteiger partial charge in [-0.2, -0.15) is 5.84 Å². The lowest BCUT2D eigenvalue weighted by Crippen LogP contribution is -3.22. The van der Waals surface area contributed by atoms with Crippen LogP contribution in [0.3, 0.4) is 0 Å². The van der Waals surface area contributed by atoms with Gasteiger partial charge in [0.1, 0.15) is 11.7 Å². The van der Waals surface area contributed by atoms with E-state index in [0.29, 0.717) is 24.3 Å². The van der Waals surface area contributed by atoms with E-state index in [2.05, 4.69) is 44.7 Å². The molecule has 0 radical (unpaired) electrons. The Hall–Kier alpha value is -1.04. The Morgan fingerprint density at radius 2 is 1.94 bits per heavy atom.